The second kappa shape index (κ2) is 5.54. The summed E-state index contributed by atoms with van der Waals surface area (Å²) in [4.78, 5) is 0. The molecule has 0 spiro atoms. The van der Waals surface area contributed by atoms with E-state index in [-0.39, 0.29) is 10.8 Å². The molecule has 0 aliphatic heterocycles. The van der Waals surface area contributed by atoms with E-state index in [2.05, 4.69) is 107 Å². The molecule has 1 aliphatic rings. The summed E-state index contributed by atoms with van der Waals surface area (Å²) >= 11 is 0. The quantitative estimate of drug-likeness (QED) is 0.518. The van der Waals surface area contributed by atoms with Gasteiger partial charge in [-0.3, -0.25) is 0 Å². The third kappa shape index (κ3) is 2.19. The van der Waals surface area contributed by atoms with Crippen LogP contribution in [0, 0.1) is 6.92 Å². The molecule has 0 saturated carbocycles. The van der Waals surface area contributed by atoms with Crippen LogP contribution in [-0.4, -0.2) is 0 Å². The lowest BCUT2D eigenvalue weighted by molar-refractivity contribution is -0.660. The number of benzene rings is 2. The Morgan fingerprint density at radius 1 is 0.692 bits per heavy atom. The molecule has 0 N–H and O–H groups in total. The van der Waals surface area contributed by atoms with Crippen LogP contribution >= 0.6 is 0 Å². The Labute approximate surface area is 157 Å². The van der Waals surface area contributed by atoms with Crippen molar-refractivity contribution < 1.29 is 4.57 Å². The van der Waals surface area contributed by atoms with Gasteiger partial charge in [-0.2, -0.15) is 0 Å². The lowest BCUT2D eigenvalue weighted by atomic mass is 9.58. The number of hydrogen-bond donors (Lipinski definition) is 0. The molecule has 1 heterocycles. The highest BCUT2D eigenvalue weighted by molar-refractivity contribution is 5.74. The molecule has 1 aliphatic carbocycles. The average molecular weight is 343 g/mol. The first-order valence-corrected chi connectivity index (χ1v) is 9.46. The molecule has 0 unspecified atom stereocenters. The number of aryl methyl sites for hydroxylation is 2. The summed E-state index contributed by atoms with van der Waals surface area (Å²) in [5, 5.41) is 0. The molecule has 1 nitrogen and oxygen atoms in total. The van der Waals surface area contributed by atoms with Crippen LogP contribution in [0.15, 0.2) is 60.8 Å². The minimum atomic E-state index is -0.0361. The van der Waals surface area contributed by atoms with Crippen LogP contribution in [-0.2, 0) is 17.9 Å². The molecule has 1 aromatic heterocycles. The predicted octanol–water partition coefficient (Wildman–Crippen LogP) is 5.45. The van der Waals surface area contributed by atoms with Crippen molar-refractivity contribution in [3.63, 3.8) is 0 Å². The molecule has 1 heteroatoms. The third-order valence-corrected chi connectivity index (χ3v) is 6.30. The van der Waals surface area contributed by atoms with E-state index in [1.165, 1.54) is 39.1 Å². The first-order chi connectivity index (χ1) is 12.3. The molecule has 0 amide bonds. The van der Waals surface area contributed by atoms with E-state index in [1.807, 2.05) is 0 Å². The van der Waals surface area contributed by atoms with E-state index in [0.29, 0.717) is 0 Å². The molecular formula is C25H28N+. The summed E-state index contributed by atoms with van der Waals surface area (Å²) in [7, 11) is 2.14. The fraction of sp³-hybridized carbons (Fsp3) is 0.320. The number of fused-ring (bicyclic) bond motifs is 2. The van der Waals surface area contributed by atoms with Crippen LogP contribution in [0.25, 0.3) is 11.3 Å². The maximum atomic E-state index is 2.38. The number of hydrogen-bond acceptors (Lipinski definition) is 0. The fourth-order valence-corrected chi connectivity index (χ4v) is 4.84. The van der Waals surface area contributed by atoms with Crippen molar-refractivity contribution in [1.82, 2.24) is 0 Å². The van der Waals surface area contributed by atoms with Gasteiger partial charge in [-0.25, -0.2) is 4.57 Å². The zero-order chi connectivity index (χ0) is 18.7. The Bertz CT molecular complexity index is 1010. The van der Waals surface area contributed by atoms with Gasteiger partial charge < -0.3 is 0 Å². The highest BCUT2D eigenvalue weighted by Crippen LogP contribution is 2.52. The van der Waals surface area contributed by atoms with Gasteiger partial charge in [0, 0.05) is 23.0 Å². The molecule has 132 valence electrons. The van der Waals surface area contributed by atoms with Crippen LogP contribution in [0.2, 0.25) is 0 Å². The molecule has 0 radical (unpaired) electrons. The second-order valence-corrected chi connectivity index (χ2v) is 8.67. The van der Waals surface area contributed by atoms with E-state index in [0.717, 1.165) is 0 Å². The normalized spacial score (nSPS) is 16.7. The Kier molecular flexibility index (Phi) is 3.63. The van der Waals surface area contributed by atoms with Crippen molar-refractivity contribution in [3.05, 3.63) is 88.6 Å². The molecule has 4 rings (SSSR count). The van der Waals surface area contributed by atoms with Crippen LogP contribution in [0.4, 0.5) is 0 Å². The van der Waals surface area contributed by atoms with Crippen molar-refractivity contribution >= 4 is 0 Å². The van der Waals surface area contributed by atoms with Crippen molar-refractivity contribution in [2.75, 3.05) is 0 Å². The molecule has 0 fully saturated rings. The Hall–Kier alpha value is -2.41. The topological polar surface area (TPSA) is 3.88 Å². The highest BCUT2D eigenvalue weighted by atomic mass is 14.9. The van der Waals surface area contributed by atoms with Gasteiger partial charge in [0.15, 0.2) is 6.20 Å². The molecular weight excluding hydrogens is 314 g/mol. The molecule has 2 aromatic carbocycles. The van der Waals surface area contributed by atoms with Gasteiger partial charge in [-0.1, -0.05) is 64.1 Å². The van der Waals surface area contributed by atoms with Crippen LogP contribution in [0.5, 0.6) is 0 Å². The predicted molar refractivity (Wildman–Crippen MR) is 108 cm³/mol. The standard InChI is InChI=1S/C25H28N/c1-17-14-15-20-23(22(17)21-13-9-10-16-26(21)6)25(4,5)19-12-8-7-11-18(19)24(20,2)3/h7-16H,1-6H3/q+1. The van der Waals surface area contributed by atoms with E-state index in [9.17, 15) is 0 Å². The van der Waals surface area contributed by atoms with Crippen molar-refractivity contribution in [1.29, 1.82) is 0 Å². The Morgan fingerprint density at radius 3 is 1.96 bits per heavy atom. The lowest BCUT2D eigenvalue weighted by Crippen LogP contribution is -2.38. The van der Waals surface area contributed by atoms with Crippen LogP contribution < -0.4 is 4.57 Å². The summed E-state index contributed by atoms with van der Waals surface area (Å²) in [5.41, 5.74) is 9.79. The van der Waals surface area contributed by atoms with Gasteiger partial charge >= 0.3 is 0 Å². The number of aromatic nitrogens is 1. The minimum absolute atomic E-state index is 0.00273. The van der Waals surface area contributed by atoms with Gasteiger partial charge in [-0.15, -0.1) is 0 Å². The number of nitrogens with zero attached hydrogens (tertiary/aromatic N) is 1. The fourth-order valence-electron chi connectivity index (χ4n) is 4.84. The number of rotatable bonds is 1. The molecule has 0 bridgehead atoms. The summed E-state index contributed by atoms with van der Waals surface area (Å²) in [6, 6.07) is 20.1. The monoisotopic (exact) mass is 342 g/mol. The van der Waals surface area contributed by atoms with Gasteiger partial charge in [0.1, 0.15) is 7.05 Å². The maximum Gasteiger partial charge on any atom is 0.212 e. The summed E-state index contributed by atoms with van der Waals surface area (Å²) in [5.74, 6) is 0. The van der Waals surface area contributed by atoms with Gasteiger partial charge in [-0.05, 0) is 40.8 Å². The van der Waals surface area contributed by atoms with Crippen molar-refractivity contribution in [2.45, 2.75) is 45.4 Å². The van der Waals surface area contributed by atoms with E-state index in [1.54, 1.807) is 0 Å². The molecule has 3 aromatic rings. The van der Waals surface area contributed by atoms with Crippen molar-refractivity contribution in [3.8, 4) is 11.3 Å². The van der Waals surface area contributed by atoms with Crippen molar-refractivity contribution in [2.24, 2.45) is 7.05 Å². The number of pyridine rings is 1. The van der Waals surface area contributed by atoms with E-state index >= 15 is 0 Å². The largest absolute Gasteiger partial charge is 0.212 e. The van der Waals surface area contributed by atoms with Gasteiger partial charge in [0.2, 0.25) is 5.69 Å². The van der Waals surface area contributed by atoms with E-state index < -0.39 is 0 Å². The smallest absolute Gasteiger partial charge is 0.201 e. The summed E-state index contributed by atoms with van der Waals surface area (Å²) in [6.07, 6.45) is 2.14. The van der Waals surface area contributed by atoms with Gasteiger partial charge in [0.05, 0.1) is 5.56 Å². The zero-order valence-electron chi connectivity index (χ0n) is 16.7. The lowest BCUT2D eigenvalue weighted by Gasteiger charge is -2.45. The van der Waals surface area contributed by atoms with Gasteiger partial charge in [0.25, 0.3) is 0 Å². The molecule has 26 heavy (non-hydrogen) atoms. The molecule has 0 saturated heterocycles. The zero-order valence-corrected chi connectivity index (χ0v) is 16.7. The summed E-state index contributed by atoms with van der Waals surface area (Å²) < 4.78 is 2.24. The minimum Gasteiger partial charge on any atom is -0.201 e. The first-order valence-electron chi connectivity index (χ1n) is 9.46. The molecule has 0 atom stereocenters. The third-order valence-electron chi connectivity index (χ3n) is 6.30. The summed E-state index contributed by atoms with van der Waals surface area (Å²) in [6.45, 7) is 11.7. The van der Waals surface area contributed by atoms with Crippen LogP contribution in [0.1, 0.15) is 55.5 Å². The average Bonchev–Trinajstić information content (AvgIpc) is 2.61. The second-order valence-electron chi connectivity index (χ2n) is 8.67. The first kappa shape index (κ1) is 17.0. The highest BCUT2D eigenvalue weighted by Gasteiger charge is 2.43. The Morgan fingerprint density at radius 2 is 1.31 bits per heavy atom. The van der Waals surface area contributed by atoms with E-state index in [4.69, 9.17) is 0 Å². The Balaban J connectivity index is 2.15. The van der Waals surface area contributed by atoms with Crippen LogP contribution in [0.3, 0.4) is 0 Å². The maximum absolute atomic E-state index is 2.38. The SMILES string of the molecule is Cc1ccc2c(c1-c1cccc[n+]1C)C(C)(C)c1ccccc1C2(C)C.